The van der Waals surface area contributed by atoms with Crippen molar-refractivity contribution in [2.75, 3.05) is 47.5 Å². The van der Waals surface area contributed by atoms with Gasteiger partial charge in [0.2, 0.25) is 0 Å². The Labute approximate surface area is 115 Å². The van der Waals surface area contributed by atoms with Gasteiger partial charge >= 0.3 is 5.97 Å². The molecule has 2 N–H and O–H groups in total. The number of aliphatic hydroxyl groups is 2. The van der Waals surface area contributed by atoms with E-state index in [1.54, 1.807) is 6.92 Å². The largest absolute Gasteiger partial charge is 0.462 e. The van der Waals surface area contributed by atoms with Crippen molar-refractivity contribution in [1.29, 1.82) is 0 Å². The fourth-order valence-corrected chi connectivity index (χ4v) is 0.827. The first-order valence-corrected chi connectivity index (χ1v) is 5.59. The topological polar surface area (TPSA) is 66.8 Å². The molecule has 0 rings (SSSR count). The summed E-state index contributed by atoms with van der Waals surface area (Å²) < 4.78 is 5.84. The second-order valence-electron chi connectivity index (χ2n) is 4.73. The minimum absolute atomic E-state index is 0. The molecule has 0 aromatic carbocycles. The number of nitrogens with zero attached hydrogens (tertiary/aromatic N) is 1. The number of ether oxygens (including phenoxy) is 1. The van der Waals surface area contributed by atoms with Crippen LogP contribution in [0.2, 0.25) is 0 Å². The van der Waals surface area contributed by atoms with Crippen LogP contribution in [0, 0.1) is 0 Å². The summed E-state index contributed by atoms with van der Waals surface area (Å²) in [6.45, 7) is 6.40. The number of hydrogen-bond donors (Lipinski definition) is 2. The first-order valence-electron chi connectivity index (χ1n) is 5.59. The first-order chi connectivity index (χ1) is 7.74. The lowest BCUT2D eigenvalue weighted by atomic mass is 10.3. The average Bonchev–Trinajstić information content (AvgIpc) is 2.23. The molecule has 0 aromatic rings. The van der Waals surface area contributed by atoms with E-state index < -0.39 is 0 Å². The third-order valence-corrected chi connectivity index (χ3v) is 1.65. The van der Waals surface area contributed by atoms with Gasteiger partial charge in [0.1, 0.15) is 0 Å². The fourth-order valence-electron chi connectivity index (χ4n) is 0.827. The van der Waals surface area contributed by atoms with Gasteiger partial charge in [-0.15, -0.1) is 0 Å². The van der Waals surface area contributed by atoms with Gasteiger partial charge in [-0.2, -0.15) is 0 Å². The van der Waals surface area contributed by atoms with Gasteiger partial charge in [0, 0.05) is 12.0 Å². The Kier molecular flexibility index (Phi) is 15.9. The Bertz CT molecular complexity index is 225. The Balaban J connectivity index is -0.000000392. The normalized spacial score (nSPS) is 9.67. The van der Waals surface area contributed by atoms with Crippen molar-refractivity contribution in [1.82, 2.24) is 0 Å². The summed E-state index contributed by atoms with van der Waals surface area (Å²) in [6, 6.07) is 0. The van der Waals surface area contributed by atoms with Crippen LogP contribution in [0.25, 0.3) is 0 Å². The van der Waals surface area contributed by atoms with E-state index in [2.05, 4.69) is 27.7 Å². The standard InChI is InChI=1S/C10H20NO2.C2H6O2.H4Si/c1-9(2)10(12)13-8-6-7-11(3,4)5;3-1-2-4;/h1,6-8H2,2-5H3;3-4H,1-2H2;1H4/q+1;;. The van der Waals surface area contributed by atoms with Gasteiger partial charge < -0.3 is 19.4 Å². The van der Waals surface area contributed by atoms with Crippen molar-refractivity contribution in [2.24, 2.45) is 0 Å². The smallest absolute Gasteiger partial charge is 0.333 e. The van der Waals surface area contributed by atoms with Crippen LogP contribution in [-0.4, -0.2) is 79.1 Å². The van der Waals surface area contributed by atoms with E-state index >= 15 is 0 Å². The molecule has 6 heteroatoms. The zero-order valence-corrected chi connectivity index (χ0v) is 11.4. The van der Waals surface area contributed by atoms with Crippen molar-refractivity contribution in [3.8, 4) is 0 Å². The van der Waals surface area contributed by atoms with E-state index in [1.807, 2.05) is 0 Å². The van der Waals surface area contributed by atoms with Gasteiger partial charge in [0.05, 0.1) is 47.5 Å². The van der Waals surface area contributed by atoms with Gasteiger partial charge in [-0.1, -0.05) is 6.58 Å². The number of rotatable bonds is 6. The van der Waals surface area contributed by atoms with Crippen LogP contribution in [0.1, 0.15) is 13.3 Å². The lowest BCUT2D eigenvalue weighted by Crippen LogP contribution is -2.35. The van der Waals surface area contributed by atoms with Crippen LogP contribution in [0.5, 0.6) is 0 Å². The van der Waals surface area contributed by atoms with E-state index in [1.165, 1.54) is 0 Å². The summed E-state index contributed by atoms with van der Waals surface area (Å²) >= 11 is 0. The number of hydrogen-bond acceptors (Lipinski definition) is 4. The molecule has 0 saturated carbocycles. The van der Waals surface area contributed by atoms with Gasteiger partial charge in [0.25, 0.3) is 0 Å². The number of aliphatic hydroxyl groups excluding tert-OH is 2. The molecular formula is C12H30NO4Si+. The maximum atomic E-state index is 10.9. The van der Waals surface area contributed by atoms with Crippen molar-refractivity contribution < 1.29 is 24.2 Å². The summed E-state index contributed by atoms with van der Waals surface area (Å²) in [5.74, 6) is -0.290. The van der Waals surface area contributed by atoms with Crippen LogP contribution < -0.4 is 0 Å². The molecule has 0 aliphatic heterocycles. The number of carbonyl (C=O) groups excluding carboxylic acids is 1. The minimum Gasteiger partial charge on any atom is -0.462 e. The summed E-state index contributed by atoms with van der Waals surface area (Å²) in [5.41, 5.74) is 0.463. The molecule has 0 aromatic heterocycles. The number of carbonyl (C=O) groups is 1. The Hall–Kier alpha value is -0.693. The second kappa shape index (κ2) is 12.8. The monoisotopic (exact) mass is 280 g/mol. The van der Waals surface area contributed by atoms with E-state index in [9.17, 15) is 4.79 Å². The van der Waals surface area contributed by atoms with Gasteiger partial charge in [0.15, 0.2) is 0 Å². The Morgan fingerprint density at radius 2 is 1.67 bits per heavy atom. The predicted molar refractivity (Wildman–Crippen MR) is 78.8 cm³/mol. The molecule has 0 atom stereocenters. The highest BCUT2D eigenvalue weighted by Gasteiger charge is 2.07. The minimum atomic E-state index is -0.290. The SMILES string of the molecule is C=C(C)C(=O)OCCC[N+](C)(C)C.OCCO.[SiH4]. The third kappa shape index (κ3) is 20.7. The molecule has 0 saturated heterocycles. The van der Waals surface area contributed by atoms with Gasteiger partial charge in [-0.3, -0.25) is 0 Å². The van der Waals surface area contributed by atoms with E-state index in [0.717, 1.165) is 17.4 Å². The molecule has 0 amide bonds. The highest BCUT2D eigenvalue weighted by molar-refractivity contribution is 5.86. The maximum Gasteiger partial charge on any atom is 0.333 e. The van der Waals surface area contributed by atoms with Crippen LogP contribution in [0.15, 0.2) is 12.2 Å². The van der Waals surface area contributed by atoms with Crippen LogP contribution in [-0.2, 0) is 9.53 Å². The van der Waals surface area contributed by atoms with Gasteiger partial charge in [-0.25, -0.2) is 4.79 Å². The van der Waals surface area contributed by atoms with Crippen molar-refractivity contribution >= 4 is 16.9 Å². The van der Waals surface area contributed by atoms with Gasteiger partial charge in [-0.05, 0) is 17.9 Å². The lowest BCUT2D eigenvalue weighted by molar-refractivity contribution is -0.870. The molecule has 0 aliphatic rings. The quantitative estimate of drug-likeness (QED) is 0.209. The molecule has 0 aliphatic carbocycles. The molecular weight excluding hydrogens is 250 g/mol. The molecule has 0 heterocycles. The highest BCUT2D eigenvalue weighted by atomic mass is 28.1. The fraction of sp³-hybridized carbons (Fsp3) is 0.750. The molecule has 0 unspecified atom stereocenters. The highest BCUT2D eigenvalue weighted by Crippen LogP contribution is 1.97. The first kappa shape index (κ1) is 22.5. The van der Waals surface area contributed by atoms with E-state index in [4.69, 9.17) is 14.9 Å². The van der Waals surface area contributed by atoms with Crippen molar-refractivity contribution in [3.05, 3.63) is 12.2 Å². The molecule has 18 heavy (non-hydrogen) atoms. The van der Waals surface area contributed by atoms with Crippen molar-refractivity contribution in [3.63, 3.8) is 0 Å². The van der Waals surface area contributed by atoms with Crippen LogP contribution >= 0.6 is 0 Å². The molecule has 0 bridgehead atoms. The maximum absolute atomic E-state index is 10.9. The molecule has 0 radical (unpaired) electrons. The molecule has 0 fully saturated rings. The molecule has 110 valence electrons. The number of quaternary nitrogens is 1. The Morgan fingerprint density at radius 3 is 1.94 bits per heavy atom. The lowest BCUT2D eigenvalue weighted by Gasteiger charge is -2.23. The average molecular weight is 280 g/mol. The molecule has 0 spiro atoms. The Morgan fingerprint density at radius 1 is 1.22 bits per heavy atom. The zero-order chi connectivity index (χ0) is 13.9. The third-order valence-electron chi connectivity index (χ3n) is 1.65. The predicted octanol–water partition coefficient (Wildman–Crippen LogP) is -1.28. The summed E-state index contributed by atoms with van der Waals surface area (Å²) in [4.78, 5) is 10.9. The van der Waals surface area contributed by atoms with Crippen molar-refractivity contribution in [2.45, 2.75) is 13.3 Å². The second-order valence-corrected chi connectivity index (χ2v) is 4.73. The zero-order valence-electron chi connectivity index (χ0n) is 11.4. The van der Waals surface area contributed by atoms with E-state index in [-0.39, 0.29) is 30.1 Å². The van der Waals surface area contributed by atoms with E-state index in [0.29, 0.717) is 12.2 Å². The summed E-state index contributed by atoms with van der Waals surface area (Å²) in [7, 11) is 6.34. The summed E-state index contributed by atoms with van der Waals surface area (Å²) in [6.07, 6.45) is 0.891. The van der Waals surface area contributed by atoms with Crippen LogP contribution in [0.4, 0.5) is 0 Å². The molecule has 5 nitrogen and oxygen atoms in total. The number of esters is 1. The summed E-state index contributed by atoms with van der Waals surface area (Å²) in [5, 5.41) is 15.2. The van der Waals surface area contributed by atoms with Crippen LogP contribution in [0.3, 0.4) is 0 Å².